The molecular formula is C9H6Cl2F4O. The minimum atomic E-state index is -4.70. The van der Waals surface area contributed by atoms with Crippen LogP contribution in [0.1, 0.15) is 17.2 Å². The van der Waals surface area contributed by atoms with Crippen molar-refractivity contribution in [2.45, 2.75) is 17.1 Å². The number of benzene rings is 1. The molecule has 0 fully saturated rings. The monoisotopic (exact) mass is 276 g/mol. The third-order valence-corrected chi connectivity index (χ3v) is 2.35. The van der Waals surface area contributed by atoms with E-state index in [0.29, 0.717) is 18.2 Å². The summed E-state index contributed by atoms with van der Waals surface area (Å²) < 4.78 is 50.2. The van der Waals surface area contributed by atoms with E-state index in [1.807, 2.05) is 0 Å². The summed E-state index contributed by atoms with van der Waals surface area (Å²) in [6.45, 7) is 0. The molecule has 1 atom stereocenters. The molecule has 0 bridgehead atoms. The lowest BCUT2D eigenvalue weighted by atomic mass is 10.0. The van der Waals surface area contributed by atoms with Gasteiger partial charge in [0.25, 0.3) is 0 Å². The lowest BCUT2D eigenvalue weighted by Gasteiger charge is -2.18. The topological polar surface area (TPSA) is 20.2 Å². The fourth-order valence-electron chi connectivity index (χ4n) is 1.17. The average Bonchev–Trinajstić information content (AvgIpc) is 2.14. The summed E-state index contributed by atoms with van der Waals surface area (Å²) >= 11 is 10.5. The number of rotatable bonds is 2. The van der Waals surface area contributed by atoms with Gasteiger partial charge in [0.15, 0.2) is 0 Å². The first kappa shape index (κ1) is 13.5. The zero-order chi connectivity index (χ0) is 12.5. The molecule has 0 aliphatic rings. The molecule has 0 radical (unpaired) electrons. The van der Waals surface area contributed by atoms with E-state index < -0.39 is 34.1 Å². The predicted octanol–water partition coefficient (Wildman–Crippen LogP) is 3.68. The summed E-state index contributed by atoms with van der Waals surface area (Å²) in [4.78, 5) is -1.47. The maximum atomic E-state index is 12.8. The van der Waals surface area contributed by atoms with Crippen LogP contribution in [0.15, 0.2) is 18.2 Å². The van der Waals surface area contributed by atoms with Crippen LogP contribution in [-0.2, 0) is 6.18 Å². The molecule has 16 heavy (non-hydrogen) atoms. The fourth-order valence-corrected chi connectivity index (χ4v) is 1.44. The first-order valence-electron chi connectivity index (χ1n) is 4.06. The smallest absolute Gasteiger partial charge is 0.386 e. The van der Waals surface area contributed by atoms with Crippen molar-refractivity contribution >= 4 is 23.2 Å². The van der Waals surface area contributed by atoms with E-state index in [1.54, 1.807) is 0 Å². The van der Waals surface area contributed by atoms with Crippen LogP contribution in [0.5, 0.6) is 0 Å². The molecule has 1 unspecified atom stereocenters. The van der Waals surface area contributed by atoms with E-state index in [2.05, 4.69) is 0 Å². The summed E-state index contributed by atoms with van der Waals surface area (Å²) in [6.07, 6.45) is -6.50. The van der Waals surface area contributed by atoms with Crippen molar-refractivity contribution in [1.29, 1.82) is 0 Å². The highest BCUT2D eigenvalue weighted by molar-refractivity contribution is 6.44. The fraction of sp³-hybridized carbons (Fsp3) is 0.333. The Morgan fingerprint density at radius 2 is 1.75 bits per heavy atom. The van der Waals surface area contributed by atoms with Crippen LogP contribution >= 0.6 is 23.2 Å². The SMILES string of the molecule is OC(c1cc(F)ccc1C(F)(F)F)C(Cl)Cl. The van der Waals surface area contributed by atoms with E-state index in [4.69, 9.17) is 23.2 Å². The molecule has 0 heterocycles. The van der Waals surface area contributed by atoms with E-state index >= 15 is 0 Å². The van der Waals surface area contributed by atoms with E-state index in [9.17, 15) is 22.7 Å². The Morgan fingerprint density at radius 1 is 1.19 bits per heavy atom. The predicted molar refractivity (Wildman–Crippen MR) is 51.9 cm³/mol. The second-order valence-electron chi connectivity index (χ2n) is 3.01. The van der Waals surface area contributed by atoms with Crippen molar-refractivity contribution in [3.05, 3.63) is 35.1 Å². The van der Waals surface area contributed by atoms with Gasteiger partial charge in [-0.15, -0.1) is 23.2 Å². The Labute approximate surface area is 98.6 Å². The maximum Gasteiger partial charge on any atom is 0.416 e. The Hall–Kier alpha value is -0.520. The quantitative estimate of drug-likeness (QED) is 0.645. The van der Waals surface area contributed by atoms with Gasteiger partial charge in [-0.2, -0.15) is 13.2 Å². The number of hydrogen-bond donors (Lipinski definition) is 1. The summed E-state index contributed by atoms with van der Waals surface area (Å²) in [5.74, 6) is -0.906. The lowest BCUT2D eigenvalue weighted by Crippen LogP contribution is -2.15. The second-order valence-corrected chi connectivity index (χ2v) is 4.17. The van der Waals surface area contributed by atoms with Gasteiger partial charge in [-0.25, -0.2) is 4.39 Å². The van der Waals surface area contributed by atoms with Crippen LogP contribution in [0, 0.1) is 5.82 Å². The molecule has 1 nitrogen and oxygen atoms in total. The first-order valence-corrected chi connectivity index (χ1v) is 4.93. The number of hydrogen-bond acceptors (Lipinski definition) is 1. The highest BCUT2D eigenvalue weighted by Crippen LogP contribution is 2.37. The number of aliphatic hydroxyl groups is 1. The third-order valence-electron chi connectivity index (χ3n) is 1.88. The molecule has 0 aliphatic heterocycles. The van der Waals surface area contributed by atoms with Crippen LogP contribution in [0.3, 0.4) is 0 Å². The molecule has 0 amide bonds. The van der Waals surface area contributed by atoms with E-state index in [1.165, 1.54) is 0 Å². The maximum absolute atomic E-state index is 12.8. The zero-order valence-electron chi connectivity index (χ0n) is 7.60. The van der Waals surface area contributed by atoms with Gasteiger partial charge in [-0.3, -0.25) is 0 Å². The molecule has 7 heteroatoms. The van der Waals surface area contributed by atoms with E-state index in [0.717, 1.165) is 0 Å². The van der Waals surface area contributed by atoms with Gasteiger partial charge in [-0.05, 0) is 23.8 Å². The number of aliphatic hydroxyl groups excluding tert-OH is 1. The van der Waals surface area contributed by atoms with Crippen molar-refractivity contribution in [3.8, 4) is 0 Å². The Balaban J connectivity index is 3.29. The molecule has 0 saturated heterocycles. The van der Waals surface area contributed by atoms with Crippen molar-refractivity contribution in [2.24, 2.45) is 0 Å². The first-order chi connectivity index (χ1) is 7.23. The second kappa shape index (κ2) is 4.77. The molecule has 0 saturated carbocycles. The molecule has 1 rings (SSSR count). The minimum absolute atomic E-state index is 0.532. The van der Waals surface area contributed by atoms with Crippen LogP contribution in [-0.4, -0.2) is 9.94 Å². The zero-order valence-corrected chi connectivity index (χ0v) is 9.11. The van der Waals surface area contributed by atoms with Crippen molar-refractivity contribution in [3.63, 3.8) is 0 Å². The van der Waals surface area contributed by atoms with Crippen LogP contribution < -0.4 is 0 Å². The van der Waals surface area contributed by atoms with Crippen LogP contribution in [0.4, 0.5) is 17.6 Å². The van der Waals surface area contributed by atoms with Gasteiger partial charge in [0.05, 0.1) is 5.56 Å². The Morgan fingerprint density at radius 3 is 2.19 bits per heavy atom. The van der Waals surface area contributed by atoms with Gasteiger partial charge in [-0.1, -0.05) is 0 Å². The third kappa shape index (κ3) is 2.99. The van der Waals surface area contributed by atoms with E-state index in [-0.39, 0.29) is 0 Å². The average molecular weight is 277 g/mol. The molecule has 90 valence electrons. The number of alkyl halides is 5. The van der Waals surface area contributed by atoms with Gasteiger partial charge < -0.3 is 5.11 Å². The number of halogens is 6. The molecule has 1 aromatic rings. The molecule has 0 aromatic heterocycles. The Kier molecular flexibility index (Phi) is 4.04. The van der Waals surface area contributed by atoms with Gasteiger partial charge in [0.1, 0.15) is 16.8 Å². The Bertz CT molecular complexity index is 378. The highest BCUT2D eigenvalue weighted by Gasteiger charge is 2.36. The van der Waals surface area contributed by atoms with Crippen LogP contribution in [0.2, 0.25) is 0 Å². The highest BCUT2D eigenvalue weighted by atomic mass is 35.5. The standard InChI is InChI=1S/C9H6Cl2F4O/c10-8(11)7(16)5-3-4(12)1-2-6(5)9(13,14)15/h1-3,7-8,16H. The summed E-state index contributed by atoms with van der Waals surface area (Å²) in [7, 11) is 0. The van der Waals surface area contributed by atoms with Crippen LogP contribution in [0.25, 0.3) is 0 Å². The van der Waals surface area contributed by atoms with Gasteiger partial charge in [0, 0.05) is 0 Å². The van der Waals surface area contributed by atoms with Gasteiger partial charge in [0.2, 0.25) is 0 Å². The lowest BCUT2D eigenvalue weighted by molar-refractivity contribution is -0.139. The van der Waals surface area contributed by atoms with Crippen molar-refractivity contribution in [1.82, 2.24) is 0 Å². The molecular weight excluding hydrogens is 271 g/mol. The summed E-state index contributed by atoms with van der Waals surface area (Å²) in [5.41, 5.74) is -1.84. The summed E-state index contributed by atoms with van der Waals surface area (Å²) in [6, 6.07) is 1.74. The largest absolute Gasteiger partial charge is 0.416 e. The molecule has 0 aliphatic carbocycles. The molecule has 1 aromatic carbocycles. The molecule has 0 spiro atoms. The normalized spacial score (nSPS) is 14.2. The van der Waals surface area contributed by atoms with Gasteiger partial charge >= 0.3 is 6.18 Å². The molecule has 1 N–H and O–H groups in total. The summed E-state index contributed by atoms with van der Waals surface area (Å²) in [5, 5.41) is 9.34. The van der Waals surface area contributed by atoms with Crippen molar-refractivity contribution < 1.29 is 22.7 Å². The minimum Gasteiger partial charge on any atom is -0.386 e. The van der Waals surface area contributed by atoms with Crippen molar-refractivity contribution in [2.75, 3.05) is 0 Å².